The van der Waals surface area contributed by atoms with Gasteiger partial charge >= 0.3 is 0 Å². The molecule has 126 valence electrons. The van der Waals surface area contributed by atoms with Gasteiger partial charge in [-0.05, 0) is 23.8 Å². The van der Waals surface area contributed by atoms with Crippen LogP contribution in [-0.4, -0.2) is 25.3 Å². The van der Waals surface area contributed by atoms with Crippen LogP contribution in [0.5, 0.6) is 0 Å². The number of imidazole rings is 1. The van der Waals surface area contributed by atoms with Crippen molar-refractivity contribution in [1.82, 2.24) is 24.7 Å². The summed E-state index contributed by atoms with van der Waals surface area (Å²) in [5, 5.41) is 6.16. The molecule has 0 fully saturated rings. The summed E-state index contributed by atoms with van der Waals surface area (Å²) >= 11 is 0. The standard InChI is InChI=1S/C19H14N6O/c26-19-18-13(9-23-19)12(15-10-22-17-11-20-7-8-25(15)17)4-5-14(18)24-16-3-1-2-6-21-16/h1-8,10-11H,9H2,(H,21,24)(H,23,26). The van der Waals surface area contributed by atoms with Crippen LogP contribution in [0.3, 0.4) is 0 Å². The van der Waals surface area contributed by atoms with Crippen LogP contribution in [0, 0.1) is 0 Å². The van der Waals surface area contributed by atoms with E-state index >= 15 is 0 Å². The van der Waals surface area contributed by atoms with E-state index in [1.807, 2.05) is 40.9 Å². The van der Waals surface area contributed by atoms with Gasteiger partial charge in [-0.25, -0.2) is 9.97 Å². The summed E-state index contributed by atoms with van der Waals surface area (Å²) in [5.41, 5.74) is 5.02. The Bertz CT molecular complexity index is 1140. The van der Waals surface area contributed by atoms with E-state index in [4.69, 9.17) is 0 Å². The molecule has 5 rings (SSSR count). The van der Waals surface area contributed by atoms with E-state index in [9.17, 15) is 4.79 Å². The Labute approximate surface area is 148 Å². The van der Waals surface area contributed by atoms with Gasteiger partial charge in [-0.1, -0.05) is 12.1 Å². The van der Waals surface area contributed by atoms with Gasteiger partial charge in [-0.2, -0.15) is 0 Å². The van der Waals surface area contributed by atoms with Crippen LogP contribution in [0.25, 0.3) is 16.9 Å². The summed E-state index contributed by atoms with van der Waals surface area (Å²) in [4.78, 5) is 25.2. The summed E-state index contributed by atoms with van der Waals surface area (Å²) in [6.07, 6.45) is 8.82. The zero-order chi connectivity index (χ0) is 17.5. The van der Waals surface area contributed by atoms with Gasteiger partial charge in [0, 0.05) is 30.7 Å². The molecule has 7 nitrogen and oxygen atoms in total. The van der Waals surface area contributed by atoms with Crippen LogP contribution in [0.4, 0.5) is 11.5 Å². The molecule has 1 amide bonds. The van der Waals surface area contributed by atoms with Gasteiger partial charge in [0.25, 0.3) is 5.91 Å². The molecule has 0 saturated carbocycles. The molecule has 4 heterocycles. The lowest BCUT2D eigenvalue weighted by molar-refractivity contribution is 0.0966. The summed E-state index contributed by atoms with van der Waals surface area (Å²) in [6, 6.07) is 9.54. The molecule has 0 spiro atoms. The third-order valence-electron chi connectivity index (χ3n) is 4.49. The number of nitrogens with one attached hydrogen (secondary N) is 2. The molecule has 26 heavy (non-hydrogen) atoms. The minimum Gasteiger partial charge on any atom is -0.348 e. The third-order valence-corrected chi connectivity index (χ3v) is 4.49. The minimum atomic E-state index is -0.0873. The topological polar surface area (TPSA) is 84.2 Å². The fraction of sp³-hybridized carbons (Fsp3) is 0.0526. The number of anilines is 2. The van der Waals surface area contributed by atoms with E-state index in [1.165, 1.54) is 0 Å². The largest absolute Gasteiger partial charge is 0.348 e. The molecule has 0 saturated heterocycles. The molecule has 2 N–H and O–H groups in total. The molecule has 0 atom stereocenters. The highest BCUT2D eigenvalue weighted by Gasteiger charge is 2.27. The molecule has 3 aromatic heterocycles. The summed E-state index contributed by atoms with van der Waals surface area (Å²) < 4.78 is 1.97. The van der Waals surface area contributed by atoms with Gasteiger partial charge in [0.05, 0.1) is 29.3 Å². The Balaban J connectivity index is 1.66. The van der Waals surface area contributed by atoms with E-state index in [1.54, 1.807) is 24.8 Å². The van der Waals surface area contributed by atoms with E-state index in [0.29, 0.717) is 17.9 Å². The highest BCUT2D eigenvalue weighted by atomic mass is 16.1. The average molecular weight is 342 g/mol. The van der Waals surface area contributed by atoms with Gasteiger partial charge in [0.15, 0.2) is 5.65 Å². The van der Waals surface area contributed by atoms with Gasteiger partial charge < -0.3 is 10.6 Å². The van der Waals surface area contributed by atoms with Crippen molar-refractivity contribution in [1.29, 1.82) is 0 Å². The van der Waals surface area contributed by atoms with Crippen molar-refractivity contribution in [3.05, 3.63) is 72.4 Å². The second-order valence-corrected chi connectivity index (χ2v) is 5.98. The predicted octanol–water partition coefficient (Wildman–Crippen LogP) is 2.78. The summed E-state index contributed by atoms with van der Waals surface area (Å²) in [5.74, 6) is 0.610. The molecule has 1 aliphatic heterocycles. The maximum absolute atomic E-state index is 12.5. The summed E-state index contributed by atoms with van der Waals surface area (Å²) in [7, 11) is 0. The Morgan fingerprint density at radius 3 is 2.92 bits per heavy atom. The highest BCUT2D eigenvalue weighted by molar-refractivity contribution is 6.06. The van der Waals surface area contributed by atoms with Gasteiger partial charge in [0.2, 0.25) is 0 Å². The highest BCUT2D eigenvalue weighted by Crippen LogP contribution is 2.35. The first-order chi connectivity index (χ1) is 12.8. The van der Waals surface area contributed by atoms with Gasteiger partial charge in [0.1, 0.15) is 5.82 Å². The lowest BCUT2D eigenvalue weighted by Gasteiger charge is -2.12. The molecule has 1 aliphatic rings. The SMILES string of the molecule is O=C1NCc2c(-c3cnc4cnccn34)ccc(Nc3ccccn3)c21. The number of hydrogen-bond acceptors (Lipinski definition) is 5. The molecule has 0 aliphatic carbocycles. The van der Waals surface area contributed by atoms with Crippen LogP contribution in [0.2, 0.25) is 0 Å². The van der Waals surface area contributed by atoms with Crippen LogP contribution in [-0.2, 0) is 6.54 Å². The van der Waals surface area contributed by atoms with E-state index in [2.05, 4.69) is 25.6 Å². The molecule has 4 aromatic rings. The Hall–Kier alpha value is -3.74. The number of carbonyl (C=O) groups excluding carboxylic acids is 1. The molecule has 7 heteroatoms. The number of hydrogen-bond donors (Lipinski definition) is 2. The van der Waals surface area contributed by atoms with Crippen LogP contribution >= 0.6 is 0 Å². The molecular weight excluding hydrogens is 328 g/mol. The summed E-state index contributed by atoms with van der Waals surface area (Å²) in [6.45, 7) is 0.486. The number of benzene rings is 1. The normalized spacial score (nSPS) is 12.8. The number of aromatic nitrogens is 4. The van der Waals surface area contributed by atoms with E-state index in [-0.39, 0.29) is 5.91 Å². The van der Waals surface area contributed by atoms with Gasteiger partial charge in [-0.15, -0.1) is 0 Å². The fourth-order valence-corrected chi connectivity index (χ4v) is 3.31. The smallest absolute Gasteiger partial charge is 0.254 e. The van der Waals surface area contributed by atoms with Crippen molar-refractivity contribution in [3.8, 4) is 11.3 Å². The fourth-order valence-electron chi connectivity index (χ4n) is 3.31. The number of fused-ring (bicyclic) bond motifs is 2. The quantitative estimate of drug-likeness (QED) is 0.598. The first-order valence-corrected chi connectivity index (χ1v) is 8.21. The second-order valence-electron chi connectivity index (χ2n) is 5.98. The Kier molecular flexibility index (Phi) is 3.18. The van der Waals surface area contributed by atoms with Crippen LogP contribution in [0.15, 0.2) is 61.3 Å². The van der Waals surface area contributed by atoms with Crippen LogP contribution in [0.1, 0.15) is 15.9 Å². The molecule has 0 bridgehead atoms. The number of amides is 1. The second kappa shape index (κ2) is 5.66. The number of nitrogens with zero attached hydrogens (tertiary/aromatic N) is 4. The first kappa shape index (κ1) is 14.6. The predicted molar refractivity (Wildman–Crippen MR) is 97.1 cm³/mol. The maximum atomic E-state index is 12.5. The van der Waals surface area contributed by atoms with Crippen molar-refractivity contribution < 1.29 is 4.79 Å². The number of pyridine rings is 1. The van der Waals surface area contributed by atoms with Crippen LogP contribution < -0.4 is 10.6 Å². The van der Waals surface area contributed by atoms with Crippen molar-refractivity contribution in [2.45, 2.75) is 6.54 Å². The van der Waals surface area contributed by atoms with Crippen molar-refractivity contribution in [2.75, 3.05) is 5.32 Å². The van der Waals surface area contributed by atoms with E-state index < -0.39 is 0 Å². The number of carbonyl (C=O) groups is 1. The maximum Gasteiger partial charge on any atom is 0.254 e. The molecule has 0 unspecified atom stereocenters. The van der Waals surface area contributed by atoms with Crippen molar-refractivity contribution in [3.63, 3.8) is 0 Å². The zero-order valence-corrected chi connectivity index (χ0v) is 13.7. The minimum absolute atomic E-state index is 0.0873. The lowest BCUT2D eigenvalue weighted by atomic mass is 9.99. The Morgan fingerprint density at radius 2 is 2.04 bits per heavy atom. The first-order valence-electron chi connectivity index (χ1n) is 8.21. The third kappa shape index (κ3) is 2.21. The molecule has 1 aromatic carbocycles. The van der Waals surface area contributed by atoms with Crippen molar-refractivity contribution >= 4 is 23.1 Å². The lowest BCUT2D eigenvalue weighted by Crippen LogP contribution is -2.13. The monoisotopic (exact) mass is 342 g/mol. The van der Waals surface area contributed by atoms with E-state index in [0.717, 1.165) is 28.2 Å². The number of rotatable bonds is 3. The molecular formula is C19H14N6O. The van der Waals surface area contributed by atoms with Crippen molar-refractivity contribution in [2.24, 2.45) is 0 Å². The Morgan fingerprint density at radius 1 is 1.08 bits per heavy atom. The van der Waals surface area contributed by atoms with Gasteiger partial charge in [-0.3, -0.25) is 14.2 Å². The average Bonchev–Trinajstić information content (AvgIpc) is 3.28. The molecule has 0 radical (unpaired) electrons. The zero-order valence-electron chi connectivity index (χ0n) is 13.7.